The van der Waals surface area contributed by atoms with E-state index in [1.165, 1.54) is 18.2 Å². The second-order valence-electron chi connectivity index (χ2n) is 4.23. The summed E-state index contributed by atoms with van der Waals surface area (Å²) in [6, 6.07) is 4.37. The van der Waals surface area contributed by atoms with E-state index < -0.39 is 34.4 Å². The number of aromatic carboxylic acids is 2. The van der Waals surface area contributed by atoms with Gasteiger partial charge in [-0.25, -0.2) is 9.59 Å². The lowest BCUT2D eigenvalue weighted by Crippen LogP contribution is -2.24. The second kappa shape index (κ2) is 5.82. The fourth-order valence-electron chi connectivity index (χ4n) is 2.01. The van der Waals surface area contributed by atoms with Crippen molar-refractivity contribution >= 4 is 45.3 Å². The predicted molar refractivity (Wildman–Crippen MR) is 83.5 cm³/mol. The highest BCUT2D eigenvalue weighted by Gasteiger charge is 2.27. The zero-order valence-corrected chi connectivity index (χ0v) is 13.0. The van der Waals surface area contributed by atoms with Crippen LogP contribution in [0.5, 0.6) is 0 Å². The van der Waals surface area contributed by atoms with Crippen molar-refractivity contribution in [1.29, 1.82) is 0 Å². The zero-order chi connectivity index (χ0) is 16.6. The van der Waals surface area contributed by atoms with Gasteiger partial charge in [-0.05, 0) is 23.8 Å². The lowest BCUT2D eigenvalue weighted by atomic mass is 9.95. The normalized spacial score (nSPS) is 10.5. The van der Waals surface area contributed by atoms with Crippen molar-refractivity contribution in [2.24, 2.45) is 0 Å². The number of nitrogen functional groups attached to an aromatic ring is 1. The Morgan fingerprint density at radius 2 is 1.77 bits per heavy atom. The number of aromatic amines is 1. The van der Waals surface area contributed by atoms with E-state index in [9.17, 15) is 24.6 Å². The monoisotopic (exact) mass is 386 g/mol. The first-order valence-corrected chi connectivity index (χ1v) is 6.89. The Kier molecular flexibility index (Phi) is 4.25. The largest absolute Gasteiger partial charge is 0.478 e. The molecule has 0 amide bonds. The van der Waals surface area contributed by atoms with Crippen LogP contribution in [0.15, 0.2) is 27.5 Å². The maximum Gasteiger partial charge on any atom is 0.342 e. The molecule has 1 aromatic carbocycles. The number of pyridine rings is 1. The molecule has 0 saturated heterocycles. The van der Waals surface area contributed by atoms with Gasteiger partial charge in [0, 0.05) is 15.1 Å². The van der Waals surface area contributed by atoms with E-state index in [4.69, 9.17) is 17.3 Å². The van der Waals surface area contributed by atoms with E-state index in [2.05, 4.69) is 15.9 Å². The van der Waals surface area contributed by atoms with Crippen LogP contribution >= 0.6 is 27.5 Å². The van der Waals surface area contributed by atoms with Crippen molar-refractivity contribution in [3.63, 3.8) is 0 Å². The molecule has 1 aromatic heterocycles. The standard InChI is InChI=1S/C13H8BrClN2O5/c14-6-2-1-4(15)3-5(6)7-8(12(19)20)10(16)17-11(18)9(7)13(21)22/h1-3H,(H,19,20)(H,21,22)(H3,16,17,18). The number of hydrogen-bond acceptors (Lipinski definition) is 4. The smallest absolute Gasteiger partial charge is 0.342 e. The molecular weight excluding hydrogens is 380 g/mol. The van der Waals surface area contributed by atoms with Crippen molar-refractivity contribution in [3.05, 3.63) is 49.2 Å². The maximum atomic E-state index is 11.9. The lowest BCUT2D eigenvalue weighted by Gasteiger charge is -2.13. The van der Waals surface area contributed by atoms with Gasteiger partial charge >= 0.3 is 11.9 Å². The van der Waals surface area contributed by atoms with Crippen molar-refractivity contribution < 1.29 is 19.8 Å². The molecule has 22 heavy (non-hydrogen) atoms. The summed E-state index contributed by atoms with van der Waals surface area (Å²) < 4.78 is 0.368. The molecule has 0 bridgehead atoms. The van der Waals surface area contributed by atoms with Crippen LogP contribution in [0.4, 0.5) is 5.82 Å². The van der Waals surface area contributed by atoms with Gasteiger partial charge in [-0.3, -0.25) is 4.79 Å². The van der Waals surface area contributed by atoms with Crippen molar-refractivity contribution in [2.45, 2.75) is 0 Å². The Morgan fingerprint density at radius 1 is 1.18 bits per heavy atom. The summed E-state index contributed by atoms with van der Waals surface area (Å²) in [4.78, 5) is 36.8. The van der Waals surface area contributed by atoms with E-state index in [1.54, 1.807) is 0 Å². The molecule has 0 aliphatic heterocycles. The molecule has 5 N–H and O–H groups in total. The van der Waals surface area contributed by atoms with Gasteiger partial charge in [-0.15, -0.1) is 0 Å². The summed E-state index contributed by atoms with van der Waals surface area (Å²) in [5.41, 5.74) is 3.13. The molecule has 2 aromatic rings. The number of nitrogens with two attached hydrogens (primary N) is 1. The molecule has 1 heterocycles. The fraction of sp³-hybridized carbons (Fsp3) is 0. The first-order valence-electron chi connectivity index (χ1n) is 5.71. The Hall–Kier alpha value is -2.32. The van der Waals surface area contributed by atoms with Crippen LogP contribution in [0.2, 0.25) is 5.02 Å². The van der Waals surface area contributed by atoms with Gasteiger partial charge in [0.25, 0.3) is 5.56 Å². The number of anilines is 1. The Bertz CT molecular complexity index is 862. The molecule has 0 aliphatic carbocycles. The molecule has 0 unspecified atom stereocenters. The highest BCUT2D eigenvalue weighted by Crippen LogP contribution is 2.36. The molecule has 114 valence electrons. The highest BCUT2D eigenvalue weighted by molar-refractivity contribution is 9.10. The summed E-state index contributed by atoms with van der Waals surface area (Å²) in [7, 11) is 0. The van der Waals surface area contributed by atoms with E-state index in [0.29, 0.717) is 4.47 Å². The van der Waals surface area contributed by atoms with Gasteiger partial charge in [0.15, 0.2) is 0 Å². The van der Waals surface area contributed by atoms with Crippen LogP contribution in [-0.4, -0.2) is 27.1 Å². The Balaban J connectivity index is 3.06. The van der Waals surface area contributed by atoms with Gasteiger partial charge in [0.05, 0.1) is 0 Å². The van der Waals surface area contributed by atoms with Crippen LogP contribution in [0.1, 0.15) is 20.7 Å². The van der Waals surface area contributed by atoms with E-state index in [1.807, 2.05) is 4.98 Å². The van der Waals surface area contributed by atoms with Gasteiger partial charge in [0.2, 0.25) is 0 Å². The van der Waals surface area contributed by atoms with Crippen LogP contribution in [0.25, 0.3) is 11.1 Å². The summed E-state index contributed by atoms with van der Waals surface area (Å²) in [5, 5.41) is 18.8. The van der Waals surface area contributed by atoms with E-state index >= 15 is 0 Å². The number of carbonyl (C=O) groups is 2. The van der Waals surface area contributed by atoms with Gasteiger partial charge in [-0.1, -0.05) is 27.5 Å². The number of nitrogens with one attached hydrogen (secondary N) is 1. The zero-order valence-electron chi connectivity index (χ0n) is 10.7. The number of aromatic nitrogens is 1. The quantitative estimate of drug-likeness (QED) is 0.639. The number of carboxylic acids is 2. The molecule has 0 saturated carbocycles. The molecule has 2 rings (SSSR count). The molecule has 7 nitrogen and oxygen atoms in total. The number of carboxylic acid groups (broad SMARTS) is 2. The molecule has 0 atom stereocenters. The SMILES string of the molecule is Nc1[nH]c(=O)c(C(=O)O)c(-c2cc(Cl)ccc2Br)c1C(=O)O. The number of hydrogen-bond donors (Lipinski definition) is 4. The average molecular weight is 388 g/mol. The fourth-order valence-corrected chi connectivity index (χ4v) is 2.62. The van der Waals surface area contributed by atoms with Gasteiger partial charge in [-0.2, -0.15) is 0 Å². The summed E-state index contributed by atoms with van der Waals surface area (Å²) in [5.74, 6) is -3.49. The van der Waals surface area contributed by atoms with Crippen LogP contribution < -0.4 is 11.3 Å². The third-order valence-electron chi connectivity index (χ3n) is 2.87. The summed E-state index contributed by atoms with van der Waals surface area (Å²) in [6.45, 7) is 0. The number of halogens is 2. The summed E-state index contributed by atoms with van der Waals surface area (Å²) in [6.07, 6.45) is 0. The lowest BCUT2D eigenvalue weighted by molar-refractivity contribution is 0.0695. The minimum Gasteiger partial charge on any atom is -0.478 e. The predicted octanol–water partition coefficient (Wildman–Crippen LogP) is 2.44. The molecule has 9 heteroatoms. The molecule has 0 fully saturated rings. The Morgan fingerprint density at radius 3 is 2.32 bits per heavy atom. The first kappa shape index (κ1) is 16.1. The van der Waals surface area contributed by atoms with Crippen molar-refractivity contribution in [1.82, 2.24) is 4.98 Å². The topological polar surface area (TPSA) is 133 Å². The third-order valence-corrected chi connectivity index (χ3v) is 3.80. The third kappa shape index (κ3) is 2.70. The first-order chi connectivity index (χ1) is 10.2. The average Bonchev–Trinajstić information content (AvgIpc) is 2.39. The van der Waals surface area contributed by atoms with Gasteiger partial charge < -0.3 is 20.9 Å². The van der Waals surface area contributed by atoms with Crippen molar-refractivity contribution in [2.75, 3.05) is 5.73 Å². The summed E-state index contributed by atoms with van der Waals surface area (Å²) >= 11 is 9.06. The van der Waals surface area contributed by atoms with Crippen LogP contribution in [-0.2, 0) is 0 Å². The molecule has 0 radical (unpaired) electrons. The highest BCUT2D eigenvalue weighted by atomic mass is 79.9. The minimum absolute atomic E-state index is 0.139. The van der Waals surface area contributed by atoms with Crippen molar-refractivity contribution in [3.8, 4) is 11.1 Å². The Labute approximate surface area is 136 Å². The second-order valence-corrected chi connectivity index (χ2v) is 5.52. The number of benzene rings is 1. The van der Waals surface area contributed by atoms with Crippen LogP contribution in [0.3, 0.4) is 0 Å². The van der Waals surface area contributed by atoms with E-state index in [-0.39, 0.29) is 16.1 Å². The molecule has 0 aliphatic rings. The van der Waals surface area contributed by atoms with Gasteiger partial charge in [0.1, 0.15) is 16.9 Å². The maximum absolute atomic E-state index is 11.9. The number of rotatable bonds is 3. The molecular formula is C13H8BrClN2O5. The minimum atomic E-state index is -1.58. The van der Waals surface area contributed by atoms with Crippen LogP contribution in [0, 0.1) is 0 Å². The number of H-pyrrole nitrogens is 1. The molecule has 0 spiro atoms. The van der Waals surface area contributed by atoms with E-state index in [0.717, 1.165) is 0 Å².